The van der Waals surface area contributed by atoms with Crippen molar-refractivity contribution in [3.63, 3.8) is 0 Å². The lowest BCUT2D eigenvalue weighted by atomic mass is 9.93. The molecule has 9 rings (SSSR count). The number of imidazole rings is 1. The molecule has 3 aliphatic rings. The highest BCUT2D eigenvalue weighted by Crippen LogP contribution is 2.53. The van der Waals surface area contributed by atoms with Crippen LogP contribution in [-0.4, -0.2) is 50.9 Å². The number of nitrogens with zero attached hydrogens (tertiary/aromatic N) is 4. The third kappa shape index (κ3) is 2.87. The van der Waals surface area contributed by atoms with E-state index in [1.54, 1.807) is 19.6 Å². The number of amides is 1. The summed E-state index contributed by atoms with van der Waals surface area (Å²) in [6.07, 6.45) is 9.70. The second-order valence-corrected chi connectivity index (χ2v) is 11.7. The van der Waals surface area contributed by atoms with Gasteiger partial charge in [-0.15, -0.1) is 0 Å². The standard InChI is InChI=1S/C33H30N6O3/c1-33-31(41-3)22(34-2)15-25(42-33)38-23-9-8-18(10-12-37-13-11-35-17-37)14-20(23)27-28-21(16-36-32(28)40)26-19-6-4-5-7-24(19)39(33)30(26)29(27)38/h4-14,17,22,25,31,34H,15-16H2,1-3H3,(H,36,40)/b12-10+/t22?,25-,31?,33+/m1/s1. The van der Waals surface area contributed by atoms with Gasteiger partial charge in [-0.1, -0.05) is 24.3 Å². The Morgan fingerprint density at radius 2 is 2.02 bits per heavy atom. The number of ether oxygens (including phenoxy) is 2. The first kappa shape index (κ1) is 24.2. The van der Waals surface area contributed by atoms with Crippen LogP contribution >= 0.6 is 0 Å². The average Bonchev–Trinajstić information content (AvgIpc) is 3.77. The summed E-state index contributed by atoms with van der Waals surface area (Å²) in [6, 6.07) is 15.0. The van der Waals surface area contributed by atoms with Crippen molar-refractivity contribution >= 4 is 61.8 Å². The summed E-state index contributed by atoms with van der Waals surface area (Å²) in [6.45, 7) is 2.65. The monoisotopic (exact) mass is 558 g/mol. The first-order chi connectivity index (χ1) is 20.5. The summed E-state index contributed by atoms with van der Waals surface area (Å²) >= 11 is 0. The van der Waals surface area contributed by atoms with Gasteiger partial charge in [0.15, 0.2) is 5.72 Å². The zero-order valence-corrected chi connectivity index (χ0v) is 23.6. The third-order valence-corrected chi connectivity index (χ3v) is 9.68. The molecule has 1 saturated heterocycles. The largest absolute Gasteiger partial charge is 0.375 e. The first-order valence-electron chi connectivity index (χ1n) is 14.4. The van der Waals surface area contributed by atoms with E-state index in [0.717, 1.165) is 66.7 Å². The maximum absolute atomic E-state index is 13.7. The van der Waals surface area contributed by atoms with Gasteiger partial charge in [0, 0.05) is 66.3 Å². The summed E-state index contributed by atoms with van der Waals surface area (Å²) in [5.74, 6) is -0.0237. The smallest absolute Gasteiger partial charge is 0.252 e. The summed E-state index contributed by atoms with van der Waals surface area (Å²) in [7, 11) is 3.77. The van der Waals surface area contributed by atoms with Crippen molar-refractivity contribution in [2.75, 3.05) is 14.2 Å². The van der Waals surface area contributed by atoms with Crippen LogP contribution in [-0.2, 0) is 21.7 Å². The number of likely N-dealkylation sites (N-methyl/N-ethyl adjacent to an activating group) is 1. The number of methoxy groups -OCH3 is 1. The van der Waals surface area contributed by atoms with Crippen molar-refractivity contribution in [3.05, 3.63) is 77.9 Å². The van der Waals surface area contributed by atoms with Crippen molar-refractivity contribution in [2.24, 2.45) is 0 Å². The number of rotatable bonds is 4. The second kappa shape index (κ2) is 8.32. The number of carbonyl (C=O) groups excluding carboxylic acids is 1. The minimum atomic E-state index is -0.803. The number of nitrogens with one attached hydrogen (secondary N) is 2. The number of para-hydroxylation sites is 1. The lowest BCUT2D eigenvalue weighted by Gasteiger charge is -2.48. The number of hydrogen-bond acceptors (Lipinski definition) is 5. The van der Waals surface area contributed by atoms with Crippen LogP contribution in [0.3, 0.4) is 0 Å². The Balaban J connectivity index is 1.49. The van der Waals surface area contributed by atoms with Crippen molar-refractivity contribution in [2.45, 2.75) is 44.0 Å². The average molecular weight is 559 g/mol. The van der Waals surface area contributed by atoms with E-state index in [1.807, 2.05) is 24.0 Å². The molecule has 2 bridgehead atoms. The van der Waals surface area contributed by atoms with Crippen LogP contribution < -0.4 is 10.6 Å². The van der Waals surface area contributed by atoms with Gasteiger partial charge in [0.25, 0.3) is 5.91 Å². The minimum absolute atomic E-state index is 0.0237. The minimum Gasteiger partial charge on any atom is -0.375 e. The summed E-state index contributed by atoms with van der Waals surface area (Å²) in [5, 5.41) is 11.0. The van der Waals surface area contributed by atoms with E-state index in [-0.39, 0.29) is 24.3 Å². The molecule has 3 aromatic heterocycles. The molecule has 0 saturated carbocycles. The van der Waals surface area contributed by atoms with Gasteiger partial charge < -0.3 is 33.8 Å². The SMILES string of the molecule is CNC1C[C@H]2O[C@@](C)(C1OC)n1c3ccccc3c3c4c(c5c6cc(/C=C/n7ccnc7)ccc6n2c5c31)C(=O)NC4. The normalized spacial score (nSPS) is 24.9. The number of fused-ring (bicyclic) bond motifs is 13. The zero-order chi connectivity index (χ0) is 28.3. The van der Waals surface area contributed by atoms with E-state index in [9.17, 15) is 4.79 Å². The van der Waals surface area contributed by atoms with Crippen LogP contribution in [0.4, 0.5) is 0 Å². The van der Waals surface area contributed by atoms with E-state index in [0.29, 0.717) is 6.54 Å². The molecule has 6 heterocycles. The summed E-state index contributed by atoms with van der Waals surface area (Å²) in [4.78, 5) is 17.8. The Bertz CT molecular complexity index is 2140. The molecule has 1 fully saturated rings. The van der Waals surface area contributed by atoms with Gasteiger partial charge in [0.2, 0.25) is 0 Å². The predicted molar refractivity (Wildman–Crippen MR) is 163 cm³/mol. The lowest BCUT2D eigenvalue weighted by Crippen LogP contribution is -2.59. The number of benzene rings is 3. The van der Waals surface area contributed by atoms with Gasteiger partial charge in [-0.3, -0.25) is 4.79 Å². The van der Waals surface area contributed by atoms with Gasteiger partial charge in [-0.05, 0) is 49.4 Å². The Morgan fingerprint density at radius 3 is 2.83 bits per heavy atom. The third-order valence-electron chi connectivity index (χ3n) is 9.68. The molecule has 1 amide bonds. The van der Waals surface area contributed by atoms with Crippen LogP contribution in [0.2, 0.25) is 0 Å². The highest BCUT2D eigenvalue weighted by molar-refractivity contribution is 6.31. The molecule has 4 atom stereocenters. The van der Waals surface area contributed by atoms with Crippen LogP contribution in [0, 0.1) is 0 Å². The Hall–Kier alpha value is -4.44. The van der Waals surface area contributed by atoms with Crippen LogP contribution in [0.1, 0.15) is 41.1 Å². The second-order valence-electron chi connectivity index (χ2n) is 11.7. The molecule has 0 spiro atoms. The van der Waals surface area contributed by atoms with Crippen LogP contribution in [0.5, 0.6) is 0 Å². The fourth-order valence-corrected chi connectivity index (χ4v) is 8.04. The van der Waals surface area contributed by atoms with Crippen LogP contribution in [0.15, 0.2) is 61.2 Å². The molecule has 0 radical (unpaired) electrons. The summed E-state index contributed by atoms with van der Waals surface area (Å²) in [5.41, 5.74) is 6.33. The number of carbonyl (C=O) groups is 1. The van der Waals surface area contributed by atoms with E-state index in [1.165, 1.54) is 0 Å². The molecular weight excluding hydrogens is 528 g/mol. The van der Waals surface area contributed by atoms with Gasteiger partial charge in [0.05, 0.1) is 34.0 Å². The van der Waals surface area contributed by atoms with Gasteiger partial charge >= 0.3 is 0 Å². The Morgan fingerprint density at radius 1 is 1.14 bits per heavy atom. The molecule has 6 aromatic rings. The molecule has 3 aromatic carbocycles. The molecule has 2 unspecified atom stereocenters. The maximum atomic E-state index is 13.7. The highest BCUT2D eigenvalue weighted by atomic mass is 16.6. The predicted octanol–water partition coefficient (Wildman–Crippen LogP) is 5.18. The van der Waals surface area contributed by atoms with Crippen molar-refractivity contribution in [3.8, 4) is 0 Å². The molecule has 0 aliphatic carbocycles. The Labute approximate surface area is 241 Å². The van der Waals surface area contributed by atoms with Gasteiger partial charge in [-0.2, -0.15) is 0 Å². The van der Waals surface area contributed by atoms with Gasteiger partial charge in [0.1, 0.15) is 12.3 Å². The van der Waals surface area contributed by atoms with E-state index >= 15 is 0 Å². The molecule has 42 heavy (non-hydrogen) atoms. The molecule has 3 aliphatic heterocycles. The first-order valence-corrected chi connectivity index (χ1v) is 14.4. The van der Waals surface area contributed by atoms with Crippen molar-refractivity contribution < 1.29 is 14.3 Å². The highest BCUT2D eigenvalue weighted by Gasteiger charge is 2.53. The fraction of sp³-hybridized carbons (Fsp3) is 0.273. The molecule has 210 valence electrons. The van der Waals surface area contributed by atoms with E-state index in [2.05, 4.69) is 80.2 Å². The summed E-state index contributed by atoms with van der Waals surface area (Å²) < 4.78 is 20.0. The van der Waals surface area contributed by atoms with Gasteiger partial charge in [-0.25, -0.2) is 4.98 Å². The van der Waals surface area contributed by atoms with Crippen LogP contribution in [0.25, 0.3) is 55.9 Å². The maximum Gasteiger partial charge on any atom is 0.252 e. The van der Waals surface area contributed by atoms with Crippen molar-refractivity contribution in [1.82, 2.24) is 29.3 Å². The fourth-order valence-electron chi connectivity index (χ4n) is 8.04. The zero-order valence-electron chi connectivity index (χ0n) is 23.6. The number of hydrogen-bond donors (Lipinski definition) is 2. The van der Waals surface area contributed by atoms with E-state index < -0.39 is 5.72 Å². The molecule has 9 heteroatoms. The molecule has 9 nitrogen and oxygen atoms in total. The molecule has 2 N–H and O–H groups in total. The topological polar surface area (TPSA) is 87.3 Å². The Kier molecular flexibility index (Phi) is 4.79. The van der Waals surface area contributed by atoms with Crippen molar-refractivity contribution in [1.29, 1.82) is 0 Å². The quantitative estimate of drug-likeness (QED) is 0.312. The van der Waals surface area contributed by atoms with E-state index in [4.69, 9.17) is 9.47 Å². The lowest BCUT2D eigenvalue weighted by molar-refractivity contribution is -0.256. The number of aromatic nitrogens is 4. The molecular formula is C33H30N6O3.